The van der Waals surface area contributed by atoms with Crippen molar-refractivity contribution in [1.29, 1.82) is 0 Å². The summed E-state index contributed by atoms with van der Waals surface area (Å²) in [5, 5.41) is 14.1. The molecule has 2 atom stereocenters. The summed E-state index contributed by atoms with van der Waals surface area (Å²) in [6.07, 6.45) is 6.26. The second kappa shape index (κ2) is 7.95. The van der Waals surface area contributed by atoms with E-state index in [2.05, 4.69) is 17.6 Å². The van der Waals surface area contributed by atoms with E-state index < -0.39 is 5.97 Å². The molecule has 5 nitrogen and oxygen atoms in total. The lowest BCUT2D eigenvalue weighted by Gasteiger charge is -2.16. The predicted octanol–water partition coefficient (Wildman–Crippen LogP) is 2.12. The molecule has 1 aliphatic rings. The van der Waals surface area contributed by atoms with E-state index in [0.29, 0.717) is 13.0 Å². The molecule has 0 bridgehead atoms. The van der Waals surface area contributed by atoms with Crippen molar-refractivity contribution >= 4 is 12.0 Å². The summed E-state index contributed by atoms with van der Waals surface area (Å²) in [5.74, 6) is -0.0645. The summed E-state index contributed by atoms with van der Waals surface area (Å²) in [4.78, 5) is 21.9. The number of hydrogen-bond acceptors (Lipinski definition) is 2. The number of nitrogens with one attached hydrogen (secondary N) is 2. The van der Waals surface area contributed by atoms with Crippen LogP contribution in [0.25, 0.3) is 0 Å². The van der Waals surface area contributed by atoms with Crippen LogP contribution < -0.4 is 10.6 Å². The minimum Gasteiger partial charge on any atom is -0.481 e. The van der Waals surface area contributed by atoms with Crippen molar-refractivity contribution in [3.05, 3.63) is 0 Å². The van der Waals surface area contributed by atoms with E-state index in [1.807, 2.05) is 0 Å². The first-order chi connectivity index (χ1) is 8.58. The summed E-state index contributed by atoms with van der Waals surface area (Å²) in [6.45, 7) is 2.68. The molecule has 1 fully saturated rings. The Balaban J connectivity index is 2.13. The summed E-state index contributed by atoms with van der Waals surface area (Å²) in [6, 6.07) is 0.106. The molecule has 0 aromatic carbocycles. The van der Waals surface area contributed by atoms with Crippen LogP contribution in [-0.2, 0) is 4.79 Å². The van der Waals surface area contributed by atoms with Gasteiger partial charge in [-0.1, -0.05) is 19.8 Å². The second-order valence-electron chi connectivity index (χ2n) is 5.21. The van der Waals surface area contributed by atoms with E-state index in [0.717, 1.165) is 18.8 Å². The first-order valence-electron chi connectivity index (χ1n) is 6.84. The van der Waals surface area contributed by atoms with E-state index in [1.54, 1.807) is 0 Å². The molecule has 1 aliphatic carbocycles. The van der Waals surface area contributed by atoms with E-state index in [9.17, 15) is 9.59 Å². The zero-order valence-corrected chi connectivity index (χ0v) is 11.1. The van der Waals surface area contributed by atoms with Gasteiger partial charge in [-0.05, 0) is 31.6 Å². The molecule has 18 heavy (non-hydrogen) atoms. The lowest BCUT2D eigenvalue weighted by molar-refractivity contribution is -0.137. The Labute approximate surface area is 108 Å². The number of aliphatic carboxylic acids is 1. The van der Waals surface area contributed by atoms with E-state index in [-0.39, 0.29) is 18.5 Å². The summed E-state index contributed by atoms with van der Waals surface area (Å²) < 4.78 is 0. The standard InChI is InChI=1S/C13H24N2O3/c1-10-4-2-5-11(8-7-10)15-13(18)14-9-3-6-12(16)17/h10-11H,2-9H2,1H3,(H,16,17)(H2,14,15,18). The van der Waals surface area contributed by atoms with Gasteiger partial charge in [0.15, 0.2) is 0 Å². The molecule has 0 heterocycles. The molecule has 1 saturated carbocycles. The number of carboxylic acid groups (broad SMARTS) is 1. The maximum atomic E-state index is 11.6. The van der Waals surface area contributed by atoms with Gasteiger partial charge in [-0.25, -0.2) is 4.79 Å². The molecule has 5 heteroatoms. The van der Waals surface area contributed by atoms with Gasteiger partial charge in [0.1, 0.15) is 0 Å². The monoisotopic (exact) mass is 256 g/mol. The van der Waals surface area contributed by atoms with Crippen molar-refractivity contribution in [3.63, 3.8) is 0 Å². The number of amides is 2. The van der Waals surface area contributed by atoms with E-state index in [1.165, 1.54) is 19.3 Å². The van der Waals surface area contributed by atoms with Crippen LogP contribution in [-0.4, -0.2) is 29.7 Å². The van der Waals surface area contributed by atoms with Crippen LogP contribution in [0.3, 0.4) is 0 Å². The fourth-order valence-corrected chi connectivity index (χ4v) is 2.31. The molecule has 0 spiro atoms. The Bertz CT molecular complexity index is 281. The molecular weight excluding hydrogens is 232 g/mol. The topological polar surface area (TPSA) is 78.4 Å². The predicted molar refractivity (Wildman–Crippen MR) is 69.4 cm³/mol. The molecule has 0 radical (unpaired) electrons. The van der Waals surface area contributed by atoms with Crippen LogP contribution in [0.4, 0.5) is 4.79 Å². The average Bonchev–Trinajstić information content (AvgIpc) is 2.50. The highest BCUT2D eigenvalue weighted by Gasteiger charge is 2.17. The van der Waals surface area contributed by atoms with Crippen LogP contribution >= 0.6 is 0 Å². The van der Waals surface area contributed by atoms with Gasteiger partial charge in [0, 0.05) is 19.0 Å². The molecule has 104 valence electrons. The van der Waals surface area contributed by atoms with Gasteiger partial charge in [0.25, 0.3) is 0 Å². The van der Waals surface area contributed by atoms with Crippen molar-refractivity contribution in [2.75, 3.05) is 6.54 Å². The molecular formula is C13H24N2O3. The van der Waals surface area contributed by atoms with Gasteiger partial charge in [0.2, 0.25) is 0 Å². The van der Waals surface area contributed by atoms with Gasteiger partial charge in [0.05, 0.1) is 0 Å². The molecule has 0 aromatic heterocycles. The van der Waals surface area contributed by atoms with Crippen molar-refractivity contribution in [3.8, 4) is 0 Å². The number of carbonyl (C=O) groups is 2. The lowest BCUT2D eigenvalue weighted by Crippen LogP contribution is -2.42. The van der Waals surface area contributed by atoms with Gasteiger partial charge >= 0.3 is 12.0 Å². The van der Waals surface area contributed by atoms with Crippen molar-refractivity contribution < 1.29 is 14.7 Å². The maximum Gasteiger partial charge on any atom is 0.315 e. The maximum absolute atomic E-state index is 11.6. The van der Waals surface area contributed by atoms with Crippen LogP contribution in [0, 0.1) is 5.92 Å². The largest absolute Gasteiger partial charge is 0.481 e. The number of urea groups is 1. The van der Waals surface area contributed by atoms with Crippen molar-refractivity contribution in [2.45, 2.75) is 57.9 Å². The number of carboxylic acids is 1. The molecule has 2 unspecified atom stereocenters. The Morgan fingerprint density at radius 3 is 2.72 bits per heavy atom. The van der Waals surface area contributed by atoms with Crippen LogP contribution in [0.15, 0.2) is 0 Å². The van der Waals surface area contributed by atoms with E-state index in [4.69, 9.17) is 5.11 Å². The average molecular weight is 256 g/mol. The highest BCUT2D eigenvalue weighted by atomic mass is 16.4. The zero-order valence-electron chi connectivity index (χ0n) is 11.1. The third-order valence-electron chi connectivity index (χ3n) is 3.45. The Hall–Kier alpha value is -1.26. The van der Waals surface area contributed by atoms with E-state index >= 15 is 0 Å². The first-order valence-corrected chi connectivity index (χ1v) is 6.84. The molecule has 2 amide bonds. The smallest absolute Gasteiger partial charge is 0.315 e. The minimum absolute atomic E-state index is 0.0984. The first kappa shape index (κ1) is 14.8. The normalized spacial score (nSPS) is 24.1. The number of rotatable bonds is 5. The molecule has 0 saturated heterocycles. The van der Waals surface area contributed by atoms with Crippen LogP contribution in [0.2, 0.25) is 0 Å². The van der Waals surface area contributed by atoms with Gasteiger partial charge in [-0.3, -0.25) is 4.79 Å². The summed E-state index contributed by atoms with van der Waals surface area (Å²) in [5.41, 5.74) is 0. The Morgan fingerprint density at radius 2 is 2.00 bits per heavy atom. The van der Waals surface area contributed by atoms with Gasteiger partial charge in [-0.15, -0.1) is 0 Å². The Morgan fingerprint density at radius 1 is 1.22 bits per heavy atom. The third kappa shape index (κ3) is 6.47. The number of hydrogen-bond donors (Lipinski definition) is 3. The Kier molecular flexibility index (Phi) is 6.54. The van der Waals surface area contributed by atoms with Gasteiger partial charge < -0.3 is 15.7 Å². The summed E-state index contributed by atoms with van der Waals surface area (Å²) in [7, 11) is 0. The quantitative estimate of drug-likeness (QED) is 0.521. The fourth-order valence-electron chi connectivity index (χ4n) is 2.31. The van der Waals surface area contributed by atoms with Gasteiger partial charge in [-0.2, -0.15) is 0 Å². The second-order valence-corrected chi connectivity index (χ2v) is 5.21. The zero-order chi connectivity index (χ0) is 13.4. The fraction of sp³-hybridized carbons (Fsp3) is 0.846. The highest BCUT2D eigenvalue weighted by molar-refractivity contribution is 5.74. The molecule has 3 N–H and O–H groups in total. The minimum atomic E-state index is -0.824. The SMILES string of the molecule is CC1CCCC(NC(=O)NCCCC(=O)O)CC1. The molecule has 0 aromatic rings. The molecule has 1 rings (SSSR count). The lowest BCUT2D eigenvalue weighted by atomic mass is 10.0. The van der Waals surface area contributed by atoms with Crippen molar-refractivity contribution in [1.82, 2.24) is 10.6 Å². The van der Waals surface area contributed by atoms with Crippen LogP contribution in [0.5, 0.6) is 0 Å². The van der Waals surface area contributed by atoms with Crippen LogP contribution in [0.1, 0.15) is 51.9 Å². The number of carbonyl (C=O) groups excluding carboxylic acids is 1. The summed E-state index contributed by atoms with van der Waals surface area (Å²) >= 11 is 0. The third-order valence-corrected chi connectivity index (χ3v) is 3.45. The molecule has 0 aliphatic heterocycles. The highest BCUT2D eigenvalue weighted by Crippen LogP contribution is 2.22. The van der Waals surface area contributed by atoms with Crippen molar-refractivity contribution in [2.24, 2.45) is 5.92 Å².